The summed E-state index contributed by atoms with van der Waals surface area (Å²) in [7, 11) is 0. The average Bonchev–Trinajstić information content (AvgIpc) is 2.92. The van der Waals surface area contributed by atoms with Crippen molar-refractivity contribution in [2.24, 2.45) is 11.8 Å². The van der Waals surface area contributed by atoms with Gasteiger partial charge < -0.3 is 10.2 Å². The molecule has 4 rings (SSSR count). The molecular formula is C18H23Cl2N3O. The Balaban J connectivity index is 0.00000104. The highest BCUT2D eigenvalue weighted by atomic mass is 35.5. The summed E-state index contributed by atoms with van der Waals surface area (Å²) in [4.78, 5) is 19.4. The molecule has 1 N–H and O–H groups in total. The van der Waals surface area contributed by atoms with E-state index in [1.807, 2.05) is 35.2 Å². The van der Waals surface area contributed by atoms with Crippen molar-refractivity contribution in [2.45, 2.75) is 12.8 Å². The van der Waals surface area contributed by atoms with E-state index in [-0.39, 0.29) is 30.7 Å². The molecule has 2 saturated heterocycles. The van der Waals surface area contributed by atoms with E-state index in [4.69, 9.17) is 0 Å². The van der Waals surface area contributed by atoms with E-state index in [1.165, 1.54) is 0 Å². The van der Waals surface area contributed by atoms with Crippen LogP contribution in [0.2, 0.25) is 0 Å². The second-order valence-electron chi connectivity index (χ2n) is 6.43. The van der Waals surface area contributed by atoms with E-state index in [0.29, 0.717) is 0 Å². The Labute approximate surface area is 154 Å². The first-order valence-corrected chi connectivity index (χ1v) is 8.16. The fourth-order valence-corrected chi connectivity index (χ4v) is 3.87. The molecule has 1 amide bonds. The lowest BCUT2D eigenvalue weighted by atomic mass is 9.92. The van der Waals surface area contributed by atoms with Crippen LogP contribution in [0, 0.1) is 11.8 Å². The second-order valence-corrected chi connectivity index (χ2v) is 6.43. The van der Waals surface area contributed by atoms with Crippen LogP contribution >= 0.6 is 24.8 Å². The van der Waals surface area contributed by atoms with Gasteiger partial charge >= 0.3 is 0 Å². The Kier molecular flexibility index (Phi) is 6.44. The minimum atomic E-state index is 0. The number of para-hydroxylation sites is 1. The Morgan fingerprint density at radius 1 is 1.04 bits per heavy atom. The highest BCUT2D eigenvalue weighted by Gasteiger charge is 2.32. The third-order valence-corrected chi connectivity index (χ3v) is 5.17. The number of rotatable bonds is 1. The molecule has 0 aliphatic carbocycles. The number of benzene rings is 1. The Hall–Kier alpha value is -1.36. The van der Waals surface area contributed by atoms with Crippen LogP contribution in [-0.4, -0.2) is 42.0 Å². The predicted octanol–water partition coefficient (Wildman–Crippen LogP) is 3.15. The zero-order valence-corrected chi connectivity index (χ0v) is 15.1. The van der Waals surface area contributed by atoms with Crippen LogP contribution in [-0.2, 0) is 0 Å². The van der Waals surface area contributed by atoms with Gasteiger partial charge in [-0.1, -0.05) is 18.2 Å². The van der Waals surface area contributed by atoms with Gasteiger partial charge in [-0.2, -0.15) is 0 Å². The van der Waals surface area contributed by atoms with E-state index in [0.717, 1.165) is 67.3 Å². The topological polar surface area (TPSA) is 45.2 Å². The van der Waals surface area contributed by atoms with Crippen molar-refractivity contribution in [3.05, 3.63) is 42.1 Å². The number of hydrogen-bond acceptors (Lipinski definition) is 3. The van der Waals surface area contributed by atoms with E-state index < -0.39 is 0 Å². The highest BCUT2D eigenvalue weighted by Crippen LogP contribution is 2.28. The largest absolute Gasteiger partial charge is 0.339 e. The number of hydrogen-bond donors (Lipinski definition) is 1. The Morgan fingerprint density at radius 3 is 2.42 bits per heavy atom. The minimum absolute atomic E-state index is 0. The molecule has 0 radical (unpaired) electrons. The summed E-state index contributed by atoms with van der Waals surface area (Å²) in [5.74, 6) is 1.61. The molecule has 3 heterocycles. The number of fused-ring (bicyclic) bond motifs is 2. The fraction of sp³-hybridized carbons (Fsp3) is 0.444. The van der Waals surface area contributed by atoms with Crippen molar-refractivity contribution in [3.8, 4) is 0 Å². The highest BCUT2D eigenvalue weighted by molar-refractivity contribution is 6.05. The van der Waals surface area contributed by atoms with Crippen molar-refractivity contribution in [1.29, 1.82) is 0 Å². The lowest BCUT2D eigenvalue weighted by Crippen LogP contribution is -2.33. The molecule has 24 heavy (non-hydrogen) atoms. The quantitative estimate of drug-likeness (QED) is 0.841. The van der Waals surface area contributed by atoms with Gasteiger partial charge in [0.25, 0.3) is 5.91 Å². The molecule has 2 fully saturated rings. The monoisotopic (exact) mass is 367 g/mol. The second kappa shape index (κ2) is 8.15. The fourth-order valence-electron chi connectivity index (χ4n) is 3.87. The maximum Gasteiger partial charge on any atom is 0.256 e. The summed E-state index contributed by atoms with van der Waals surface area (Å²) in [5, 5.41) is 4.51. The van der Waals surface area contributed by atoms with Gasteiger partial charge in [0, 0.05) is 24.7 Å². The zero-order chi connectivity index (χ0) is 14.9. The number of nitrogens with one attached hydrogen (secondary N) is 1. The third-order valence-electron chi connectivity index (χ3n) is 5.17. The van der Waals surface area contributed by atoms with Crippen LogP contribution in [0.1, 0.15) is 23.2 Å². The molecule has 2 aromatic rings. The maximum atomic E-state index is 13.0. The van der Waals surface area contributed by atoms with Gasteiger partial charge in [0.15, 0.2) is 0 Å². The zero-order valence-electron chi connectivity index (χ0n) is 13.5. The predicted molar refractivity (Wildman–Crippen MR) is 101 cm³/mol. The third kappa shape index (κ3) is 3.51. The van der Waals surface area contributed by atoms with Crippen LogP contribution in [0.15, 0.2) is 36.5 Å². The van der Waals surface area contributed by atoms with Crippen LogP contribution < -0.4 is 5.32 Å². The van der Waals surface area contributed by atoms with Gasteiger partial charge in [-0.3, -0.25) is 9.78 Å². The van der Waals surface area contributed by atoms with Crippen LogP contribution in [0.25, 0.3) is 10.9 Å². The van der Waals surface area contributed by atoms with Gasteiger partial charge in [-0.05, 0) is 49.9 Å². The van der Waals surface area contributed by atoms with Gasteiger partial charge in [-0.15, -0.1) is 24.8 Å². The molecule has 0 spiro atoms. The number of halogens is 2. The summed E-state index contributed by atoms with van der Waals surface area (Å²) >= 11 is 0. The number of carbonyl (C=O) groups excluding carboxylic acids is 1. The van der Waals surface area contributed by atoms with Crippen molar-refractivity contribution >= 4 is 41.6 Å². The lowest BCUT2D eigenvalue weighted by molar-refractivity contribution is 0.0760. The molecular weight excluding hydrogens is 345 g/mol. The smallest absolute Gasteiger partial charge is 0.256 e. The van der Waals surface area contributed by atoms with Crippen molar-refractivity contribution in [1.82, 2.24) is 15.2 Å². The molecule has 6 heteroatoms. The molecule has 4 nitrogen and oxygen atoms in total. The van der Waals surface area contributed by atoms with Crippen LogP contribution in [0.4, 0.5) is 0 Å². The van der Waals surface area contributed by atoms with Gasteiger partial charge in [-0.25, -0.2) is 0 Å². The lowest BCUT2D eigenvalue weighted by Gasteiger charge is -2.21. The van der Waals surface area contributed by atoms with E-state index >= 15 is 0 Å². The first kappa shape index (κ1) is 19.0. The summed E-state index contributed by atoms with van der Waals surface area (Å²) < 4.78 is 0. The molecule has 0 bridgehead atoms. The average molecular weight is 368 g/mol. The van der Waals surface area contributed by atoms with Gasteiger partial charge in [0.1, 0.15) is 0 Å². The van der Waals surface area contributed by atoms with E-state index in [1.54, 1.807) is 6.20 Å². The van der Waals surface area contributed by atoms with Crippen LogP contribution in [0.5, 0.6) is 0 Å². The summed E-state index contributed by atoms with van der Waals surface area (Å²) in [6.45, 7) is 3.96. The normalized spacial score (nSPS) is 22.9. The summed E-state index contributed by atoms with van der Waals surface area (Å²) in [6, 6.07) is 9.80. The first-order chi connectivity index (χ1) is 10.8. The molecule has 1 aromatic carbocycles. The van der Waals surface area contributed by atoms with Crippen LogP contribution in [0.3, 0.4) is 0 Å². The molecule has 2 aliphatic heterocycles. The van der Waals surface area contributed by atoms with E-state index in [9.17, 15) is 4.79 Å². The number of carbonyl (C=O) groups is 1. The number of nitrogens with zero attached hydrogens (tertiary/aromatic N) is 2. The minimum Gasteiger partial charge on any atom is -0.339 e. The molecule has 1 aromatic heterocycles. The molecule has 2 aliphatic rings. The molecule has 130 valence electrons. The van der Waals surface area contributed by atoms with Gasteiger partial charge in [0.2, 0.25) is 0 Å². The molecule has 0 unspecified atom stereocenters. The van der Waals surface area contributed by atoms with Crippen molar-refractivity contribution in [3.63, 3.8) is 0 Å². The number of likely N-dealkylation sites (tertiary alicyclic amines) is 1. The van der Waals surface area contributed by atoms with Gasteiger partial charge in [0.05, 0.1) is 11.1 Å². The molecule has 0 saturated carbocycles. The summed E-state index contributed by atoms with van der Waals surface area (Å²) in [5.41, 5.74) is 1.56. The van der Waals surface area contributed by atoms with E-state index in [2.05, 4.69) is 10.3 Å². The number of amides is 1. The number of aromatic nitrogens is 1. The maximum absolute atomic E-state index is 13.0. The first-order valence-electron chi connectivity index (χ1n) is 8.16. The standard InChI is InChI=1S/C18H21N3O.2ClH/c22-18(16-5-1-3-13-4-2-8-20-17(13)16)21-9-6-14-11-19-12-15(14)7-10-21;;/h1-5,8,14-15,19H,6-7,9-12H2;2*1H/t14-,15+;;. The Bertz CT molecular complexity index is 690. The van der Waals surface area contributed by atoms with Crippen molar-refractivity contribution < 1.29 is 4.79 Å². The SMILES string of the molecule is Cl.Cl.O=C(c1cccc2cccnc12)N1CC[C@@H]2CNC[C@@H]2CC1. The molecule has 2 atom stereocenters. The number of pyridine rings is 1. The Morgan fingerprint density at radius 2 is 1.71 bits per heavy atom. The summed E-state index contributed by atoms with van der Waals surface area (Å²) in [6.07, 6.45) is 3.99. The van der Waals surface area contributed by atoms with Crippen molar-refractivity contribution in [2.75, 3.05) is 26.2 Å².